The van der Waals surface area contributed by atoms with Crippen molar-refractivity contribution in [1.29, 1.82) is 0 Å². The summed E-state index contributed by atoms with van der Waals surface area (Å²) in [4.78, 5) is 14.1. The molecule has 1 atom stereocenters. The van der Waals surface area contributed by atoms with E-state index in [0.29, 0.717) is 23.0 Å². The molecular weight excluding hydrogens is 305 g/mol. The van der Waals surface area contributed by atoms with E-state index >= 15 is 0 Å². The van der Waals surface area contributed by atoms with Crippen molar-refractivity contribution in [2.24, 2.45) is 0 Å². The number of carbonyl (C=O) groups excluding carboxylic acids is 1. The van der Waals surface area contributed by atoms with Gasteiger partial charge in [-0.1, -0.05) is 59.6 Å². The number of likely N-dealkylation sites (tertiary alicyclic amines) is 1. The van der Waals surface area contributed by atoms with E-state index < -0.39 is 0 Å². The summed E-state index contributed by atoms with van der Waals surface area (Å²) in [5.74, 6) is 0.380. The van der Waals surface area contributed by atoms with E-state index in [1.54, 1.807) is 6.07 Å². The van der Waals surface area contributed by atoms with Gasteiger partial charge in [0.1, 0.15) is 0 Å². The Morgan fingerprint density at radius 2 is 1.81 bits per heavy atom. The molecular formula is C17H15Cl2NO. The van der Waals surface area contributed by atoms with E-state index in [0.717, 1.165) is 17.7 Å². The lowest BCUT2D eigenvalue weighted by Gasteiger charge is -2.17. The molecule has 0 bridgehead atoms. The molecule has 1 unspecified atom stereocenters. The first kappa shape index (κ1) is 14.4. The standard InChI is InChI=1S/C17H15Cl2NO/c18-15-7-6-13(8-16(15)19)14-9-17(21)20(11-14)10-12-4-2-1-3-5-12/h1-8,14H,9-11H2. The Bertz CT molecular complexity index is 657. The zero-order valence-corrected chi connectivity index (χ0v) is 12.9. The van der Waals surface area contributed by atoms with Crippen molar-refractivity contribution in [1.82, 2.24) is 4.90 Å². The first-order valence-corrected chi connectivity index (χ1v) is 7.66. The highest BCUT2D eigenvalue weighted by Gasteiger charge is 2.30. The highest BCUT2D eigenvalue weighted by molar-refractivity contribution is 6.42. The molecule has 4 heteroatoms. The molecule has 0 N–H and O–H groups in total. The minimum absolute atomic E-state index is 0.190. The summed E-state index contributed by atoms with van der Waals surface area (Å²) < 4.78 is 0. The fourth-order valence-corrected chi connectivity index (χ4v) is 3.02. The predicted octanol–water partition coefficient (Wildman–Crippen LogP) is 4.51. The molecule has 2 nitrogen and oxygen atoms in total. The average Bonchev–Trinajstić information content (AvgIpc) is 2.84. The van der Waals surface area contributed by atoms with Crippen LogP contribution in [0.15, 0.2) is 48.5 Å². The van der Waals surface area contributed by atoms with E-state index in [2.05, 4.69) is 0 Å². The molecule has 0 aliphatic carbocycles. The fourth-order valence-electron chi connectivity index (χ4n) is 2.72. The van der Waals surface area contributed by atoms with Crippen molar-refractivity contribution >= 4 is 29.1 Å². The second-order valence-electron chi connectivity index (χ2n) is 5.33. The van der Waals surface area contributed by atoms with Gasteiger partial charge < -0.3 is 4.90 Å². The number of hydrogen-bond acceptors (Lipinski definition) is 1. The summed E-state index contributed by atoms with van der Waals surface area (Å²) in [5, 5.41) is 1.09. The summed E-state index contributed by atoms with van der Waals surface area (Å²) in [7, 11) is 0. The van der Waals surface area contributed by atoms with Gasteiger partial charge in [0.25, 0.3) is 0 Å². The molecule has 0 saturated carbocycles. The summed E-state index contributed by atoms with van der Waals surface area (Å²) in [5.41, 5.74) is 2.23. The lowest BCUT2D eigenvalue weighted by Crippen LogP contribution is -2.24. The molecule has 1 fully saturated rings. The molecule has 3 rings (SSSR count). The zero-order chi connectivity index (χ0) is 14.8. The lowest BCUT2D eigenvalue weighted by molar-refractivity contribution is -0.128. The van der Waals surface area contributed by atoms with E-state index in [1.165, 1.54) is 0 Å². The molecule has 0 radical (unpaired) electrons. The topological polar surface area (TPSA) is 20.3 Å². The monoisotopic (exact) mass is 319 g/mol. The summed E-state index contributed by atoms with van der Waals surface area (Å²) in [6.07, 6.45) is 0.533. The van der Waals surface area contributed by atoms with Crippen LogP contribution < -0.4 is 0 Å². The molecule has 1 aliphatic rings. The lowest BCUT2D eigenvalue weighted by atomic mass is 9.98. The maximum Gasteiger partial charge on any atom is 0.223 e. The molecule has 1 aliphatic heterocycles. The van der Waals surface area contributed by atoms with Gasteiger partial charge in [-0.05, 0) is 23.3 Å². The Kier molecular flexibility index (Phi) is 4.18. The SMILES string of the molecule is O=C1CC(c2ccc(Cl)c(Cl)c2)CN1Cc1ccccc1. The number of amides is 1. The number of nitrogens with zero attached hydrogens (tertiary/aromatic N) is 1. The van der Waals surface area contributed by atoms with Crippen LogP contribution in [0.5, 0.6) is 0 Å². The molecule has 0 aromatic heterocycles. The van der Waals surface area contributed by atoms with Crippen LogP contribution in [0.2, 0.25) is 10.0 Å². The first-order chi connectivity index (χ1) is 10.1. The smallest absolute Gasteiger partial charge is 0.223 e. The van der Waals surface area contributed by atoms with Gasteiger partial charge in [0.2, 0.25) is 5.91 Å². The second kappa shape index (κ2) is 6.08. The van der Waals surface area contributed by atoms with Gasteiger partial charge in [-0.15, -0.1) is 0 Å². The molecule has 1 amide bonds. The van der Waals surface area contributed by atoms with Crippen LogP contribution in [-0.2, 0) is 11.3 Å². The van der Waals surface area contributed by atoms with Crippen molar-refractivity contribution in [3.63, 3.8) is 0 Å². The third-order valence-electron chi connectivity index (χ3n) is 3.85. The third-order valence-corrected chi connectivity index (χ3v) is 4.58. The van der Waals surface area contributed by atoms with Crippen LogP contribution in [0.1, 0.15) is 23.5 Å². The summed E-state index contributed by atoms with van der Waals surface area (Å²) in [6.45, 7) is 1.39. The van der Waals surface area contributed by atoms with Crippen molar-refractivity contribution < 1.29 is 4.79 Å². The fraction of sp³-hybridized carbons (Fsp3) is 0.235. The molecule has 2 aromatic rings. The highest BCUT2D eigenvalue weighted by atomic mass is 35.5. The number of carbonyl (C=O) groups is 1. The summed E-state index contributed by atoms with van der Waals surface area (Å²) in [6, 6.07) is 15.7. The van der Waals surface area contributed by atoms with Crippen molar-refractivity contribution in [3.05, 3.63) is 69.7 Å². The molecule has 108 valence electrons. The molecule has 1 heterocycles. The minimum Gasteiger partial charge on any atom is -0.338 e. The van der Waals surface area contributed by atoms with E-state index in [4.69, 9.17) is 23.2 Å². The van der Waals surface area contributed by atoms with Crippen molar-refractivity contribution in [3.8, 4) is 0 Å². The minimum atomic E-state index is 0.190. The number of halogens is 2. The Morgan fingerprint density at radius 3 is 2.52 bits per heavy atom. The quantitative estimate of drug-likeness (QED) is 0.815. The van der Waals surface area contributed by atoms with Crippen LogP contribution in [0.25, 0.3) is 0 Å². The maximum atomic E-state index is 12.2. The molecule has 1 saturated heterocycles. The largest absolute Gasteiger partial charge is 0.338 e. The van der Waals surface area contributed by atoms with E-state index in [1.807, 2.05) is 47.4 Å². The number of hydrogen-bond donors (Lipinski definition) is 0. The third kappa shape index (κ3) is 3.22. The zero-order valence-electron chi connectivity index (χ0n) is 11.4. The van der Waals surface area contributed by atoms with Crippen LogP contribution in [-0.4, -0.2) is 17.4 Å². The first-order valence-electron chi connectivity index (χ1n) is 6.90. The second-order valence-corrected chi connectivity index (χ2v) is 6.15. The number of rotatable bonds is 3. The van der Waals surface area contributed by atoms with Gasteiger partial charge in [0.15, 0.2) is 0 Å². The Morgan fingerprint density at radius 1 is 1.05 bits per heavy atom. The predicted molar refractivity (Wildman–Crippen MR) is 85.7 cm³/mol. The van der Waals surface area contributed by atoms with Gasteiger partial charge in [0, 0.05) is 25.4 Å². The summed E-state index contributed by atoms with van der Waals surface area (Å²) >= 11 is 12.0. The van der Waals surface area contributed by atoms with Crippen LogP contribution >= 0.6 is 23.2 Å². The van der Waals surface area contributed by atoms with E-state index in [9.17, 15) is 4.79 Å². The molecule has 21 heavy (non-hydrogen) atoms. The maximum absolute atomic E-state index is 12.2. The Balaban J connectivity index is 1.73. The van der Waals surface area contributed by atoms with Gasteiger partial charge in [-0.2, -0.15) is 0 Å². The van der Waals surface area contributed by atoms with Crippen LogP contribution in [0.4, 0.5) is 0 Å². The normalized spacial score (nSPS) is 18.3. The van der Waals surface area contributed by atoms with Crippen LogP contribution in [0, 0.1) is 0 Å². The van der Waals surface area contributed by atoms with Gasteiger partial charge in [-0.25, -0.2) is 0 Å². The van der Waals surface area contributed by atoms with Crippen LogP contribution in [0.3, 0.4) is 0 Å². The Hall–Kier alpha value is -1.51. The highest BCUT2D eigenvalue weighted by Crippen LogP contribution is 2.32. The average molecular weight is 320 g/mol. The van der Waals surface area contributed by atoms with Gasteiger partial charge in [-0.3, -0.25) is 4.79 Å². The van der Waals surface area contributed by atoms with Crippen molar-refractivity contribution in [2.45, 2.75) is 18.9 Å². The van der Waals surface area contributed by atoms with E-state index in [-0.39, 0.29) is 11.8 Å². The number of benzene rings is 2. The van der Waals surface area contributed by atoms with Crippen molar-refractivity contribution in [2.75, 3.05) is 6.54 Å². The molecule has 0 spiro atoms. The Labute approximate surface area is 134 Å². The van der Waals surface area contributed by atoms with Gasteiger partial charge in [0.05, 0.1) is 10.0 Å². The van der Waals surface area contributed by atoms with Gasteiger partial charge >= 0.3 is 0 Å². The molecule has 2 aromatic carbocycles.